The highest BCUT2D eigenvalue weighted by Gasteiger charge is 2.23. The standard InChI is InChI=1S/C22H28BrFN2O3/c1-14(2)19(29-21(27)26-22(3,4)5)13-28-20-18(23)11-16(12-25-20)10-15-6-8-17(24)9-7-15/h6-9,11-12,14,19H,10,13H2,1-5H3,(H,26,27)/t19-/m1/s1. The third-order valence-corrected chi connectivity index (χ3v) is 4.62. The molecule has 0 saturated heterocycles. The van der Waals surface area contributed by atoms with Gasteiger partial charge in [0.25, 0.3) is 0 Å². The Morgan fingerprint density at radius 2 is 1.86 bits per heavy atom. The highest BCUT2D eigenvalue weighted by molar-refractivity contribution is 9.10. The quantitative estimate of drug-likeness (QED) is 0.584. The maximum atomic E-state index is 13.0. The Kier molecular flexibility index (Phi) is 8.02. The third-order valence-electron chi connectivity index (χ3n) is 4.05. The van der Waals surface area contributed by atoms with Crippen LogP contribution in [0.1, 0.15) is 45.7 Å². The number of hydrogen-bond donors (Lipinski definition) is 1. The first kappa shape index (κ1) is 23.1. The number of alkyl carbamates (subject to hydrolysis) is 1. The van der Waals surface area contributed by atoms with Gasteiger partial charge in [0.15, 0.2) is 0 Å². The second-order valence-electron chi connectivity index (χ2n) is 8.31. The zero-order valence-electron chi connectivity index (χ0n) is 17.5. The van der Waals surface area contributed by atoms with Crippen molar-refractivity contribution in [2.75, 3.05) is 6.61 Å². The molecule has 1 N–H and O–H groups in total. The van der Waals surface area contributed by atoms with Crippen molar-refractivity contribution in [3.8, 4) is 5.88 Å². The molecule has 0 bridgehead atoms. The first-order valence-corrected chi connectivity index (χ1v) is 10.3. The fourth-order valence-electron chi connectivity index (χ4n) is 2.50. The minimum Gasteiger partial charge on any atom is -0.473 e. The minimum atomic E-state index is -0.471. The number of carbonyl (C=O) groups excluding carboxylic acids is 1. The van der Waals surface area contributed by atoms with Crippen LogP contribution in [-0.4, -0.2) is 29.3 Å². The van der Waals surface area contributed by atoms with Crippen LogP contribution < -0.4 is 10.1 Å². The molecule has 158 valence electrons. The van der Waals surface area contributed by atoms with Gasteiger partial charge in [-0.1, -0.05) is 26.0 Å². The summed E-state index contributed by atoms with van der Waals surface area (Å²) < 4.78 is 25.1. The molecule has 0 aliphatic carbocycles. The van der Waals surface area contributed by atoms with Crippen molar-refractivity contribution < 1.29 is 18.7 Å². The first-order chi connectivity index (χ1) is 13.5. The molecule has 1 amide bonds. The summed E-state index contributed by atoms with van der Waals surface area (Å²) in [5, 5.41) is 2.78. The Balaban J connectivity index is 1.97. The topological polar surface area (TPSA) is 60.5 Å². The van der Waals surface area contributed by atoms with Crippen LogP contribution in [0.15, 0.2) is 41.0 Å². The number of nitrogens with one attached hydrogen (secondary N) is 1. The maximum absolute atomic E-state index is 13.0. The average molecular weight is 467 g/mol. The van der Waals surface area contributed by atoms with Crippen molar-refractivity contribution in [1.82, 2.24) is 10.3 Å². The number of aromatic nitrogens is 1. The SMILES string of the molecule is CC(C)[C@@H](COc1ncc(Cc2ccc(F)cc2)cc1Br)OC(=O)NC(C)(C)C. The summed E-state index contributed by atoms with van der Waals surface area (Å²) >= 11 is 3.48. The lowest BCUT2D eigenvalue weighted by Crippen LogP contribution is -2.44. The van der Waals surface area contributed by atoms with Crippen molar-refractivity contribution in [3.63, 3.8) is 0 Å². The fourth-order valence-corrected chi connectivity index (χ4v) is 3.01. The molecule has 1 aromatic heterocycles. The highest BCUT2D eigenvalue weighted by Crippen LogP contribution is 2.25. The van der Waals surface area contributed by atoms with E-state index in [-0.39, 0.29) is 23.9 Å². The van der Waals surface area contributed by atoms with Gasteiger partial charge in [-0.15, -0.1) is 0 Å². The smallest absolute Gasteiger partial charge is 0.407 e. The molecule has 1 heterocycles. The van der Waals surface area contributed by atoms with E-state index in [0.29, 0.717) is 16.8 Å². The van der Waals surface area contributed by atoms with E-state index in [0.717, 1.165) is 11.1 Å². The Morgan fingerprint density at radius 3 is 2.41 bits per heavy atom. The molecule has 5 nitrogen and oxygen atoms in total. The van der Waals surface area contributed by atoms with Gasteiger partial charge in [-0.2, -0.15) is 0 Å². The van der Waals surface area contributed by atoms with Gasteiger partial charge in [0.1, 0.15) is 18.5 Å². The molecular weight excluding hydrogens is 439 g/mol. The normalized spacial score (nSPS) is 12.6. The summed E-state index contributed by atoms with van der Waals surface area (Å²) in [4.78, 5) is 16.4. The number of benzene rings is 1. The van der Waals surface area contributed by atoms with Gasteiger partial charge in [0.2, 0.25) is 5.88 Å². The predicted octanol–water partition coefficient (Wildman–Crippen LogP) is 5.50. The van der Waals surface area contributed by atoms with Crippen molar-refractivity contribution in [1.29, 1.82) is 0 Å². The number of pyridine rings is 1. The van der Waals surface area contributed by atoms with Gasteiger partial charge in [0, 0.05) is 11.7 Å². The number of hydrogen-bond acceptors (Lipinski definition) is 4. The summed E-state index contributed by atoms with van der Waals surface area (Å²) in [5.74, 6) is 0.255. The Bertz CT molecular complexity index is 820. The first-order valence-electron chi connectivity index (χ1n) is 9.54. The van der Waals surface area contributed by atoms with Crippen molar-refractivity contribution in [2.45, 2.75) is 52.7 Å². The largest absolute Gasteiger partial charge is 0.473 e. The summed E-state index contributed by atoms with van der Waals surface area (Å²) in [6.07, 6.45) is 1.48. The lowest BCUT2D eigenvalue weighted by molar-refractivity contribution is 0.0338. The minimum absolute atomic E-state index is 0.0808. The second kappa shape index (κ2) is 10.1. The number of nitrogens with zero attached hydrogens (tertiary/aromatic N) is 1. The lowest BCUT2D eigenvalue weighted by atomic mass is 10.1. The zero-order chi connectivity index (χ0) is 21.6. The molecule has 0 aliphatic rings. The number of rotatable bonds is 7. The summed E-state index contributed by atoms with van der Waals surface area (Å²) in [5.41, 5.74) is 1.59. The van der Waals surface area contributed by atoms with E-state index in [1.54, 1.807) is 18.3 Å². The Hall–Kier alpha value is -2.15. The van der Waals surface area contributed by atoms with E-state index < -0.39 is 12.2 Å². The number of ether oxygens (including phenoxy) is 2. The average Bonchev–Trinajstić information content (AvgIpc) is 2.60. The van der Waals surface area contributed by atoms with Gasteiger partial charge in [-0.25, -0.2) is 14.2 Å². The van der Waals surface area contributed by atoms with Gasteiger partial charge < -0.3 is 14.8 Å². The number of amides is 1. The molecule has 0 radical (unpaired) electrons. The molecule has 29 heavy (non-hydrogen) atoms. The van der Waals surface area contributed by atoms with Crippen LogP contribution in [0.25, 0.3) is 0 Å². The molecule has 2 aromatic rings. The van der Waals surface area contributed by atoms with Gasteiger partial charge in [-0.05, 0) is 78.4 Å². The summed E-state index contributed by atoms with van der Waals surface area (Å²) in [6.45, 7) is 9.80. The molecule has 0 unspecified atom stereocenters. The van der Waals surface area contributed by atoms with E-state index in [1.165, 1.54) is 12.1 Å². The van der Waals surface area contributed by atoms with Crippen LogP contribution >= 0.6 is 15.9 Å². The second-order valence-corrected chi connectivity index (χ2v) is 9.16. The molecule has 0 fully saturated rings. The number of carbonyl (C=O) groups is 1. The van der Waals surface area contributed by atoms with Crippen LogP contribution in [0.4, 0.5) is 9.18 Å². The van der Waals surface area contributed by atoms with Gasteiger partial charge in [-0.3, -0.25) is 0 Å². The van der Waals surface area contributed by atoms with Crippen LogP contribution in [0.3, 0.4) is 0 Å². The van der Waals surface area contributed by atoms with E-state index in [4.69, 9.17) is 9.47 Å². The predicted molar refractivity (Wildman–Crippen MR) is 115 cm³/mol. The molecule has 0 saturated carbocycles. The molecule has 0 aliphatic heterocycles. The molecule has 2 rings (SSSR count). The van der Waals surface area contributed by atoms with E-state index in [9.17, 15) is 9.18 Å². The van der Waals surface area contributed by atoms with E-state index in [1.807, 2.05) is 40.7 Å². The zero-order valence-corrected chi connectivity index (χ0v) is 19.0. The van der Waals surface area contributed by atoms with Crippen molar-refractivity contribution >= 4 is 22.0 Å². The fraction of sp³-hybridized carbons (Fsp3) is 0.455. The molecule has 1 aromatic carbocycles. The van der Waals surface area contributed by atoms with Crippen LogP contribution in [-0.2, 0) is 11.2 Å². The molecule has 1 atom stereocenters. The van der Waals surface area contributed by atoms with Crippen molar-refractivity contribution in [2.24, 2.45) is 5.92 Å². The molecule has 0 spiro atoms. The van der Waals surface area contributed by atoms with Crippen LogP contribution in [0.2, 0.25) is 0 Å². The molecule has 7 heteroatoms. The van der Waals surface area contributed by atoms with Crippen LogP contribution in [0.5, 0.6) is 5.88 Å². The Labute approximate surface area is 180 Å². The Morgan fingerprint density at radius 1 is 1.21 bits per heavy atom. The lowest BCUT2D eigenvalue weighted by Gasteiger charge is -2.25. The molecular formula is C22H28BrFN2O3. The van der Waals surface area contributed by atoms with Gasteiger partial charge >= 0.3 is 6.09 Å². The van der Waals surface area contributed by atoms with Gasteiger partial charge in [0.05, 0.1) is 4.47 Å². The highest BCUT2D eigenvalue weighted by atomic mass is 79.9. The van der Waals surface area contributed by atoms with E-state index >= 15 is 0 Å². The monoisotopic (exact) mass is 466 g/mol. The van der Waals surface area contributed by atoms with Crippen LogP contribution in [0, 0.1) is 11.7 Å². The maximum Gasteiger partial charge on any atom is 0.407 e. The van der Waals surface area contributed by atoms with E-state index in [2.05, 4.69) is 26.2 Å². The summed E-state index contributed by atoms with van der Waals surface area (Å²) in [7, 11) is 0. The third kappa shape index (κ3) is 8.01. The van der Waals surface area contributed by atoms with Crippen molar-refractivity contribution in [3.05, 3.63) is 57.9 Å². The number of halogens is 2. The summed E-state index contributed by atoms with van der Waals surface area (Å²) in [6, 6.07) is 8.30.